The molecule has 1 rings (SSSR count). The van der Waals surface area contributed by atoms with Crippen LogP contribution in [0.5, 0.6) is 0 Å². The van der Waals surface area contributed by atoms with Crippen molar-refractivity contribution >= 4 is 23.3 Å². The minimum atomic E-state index is -1.09. The summed E-state index contributed by atoms with van der Waals surface area (Å²) in [7, 11) is 3.28. The number of carboxylic acids is 1. The molecule has 0 saturated carbocycles. The Morgan fingerprint density at radius 2 is 2.19 bits per heavy atom. The van der Waals surface area contributed by atoms with Gasteiger partial charge in [0.05, 0.1) is 0 Å². The van der Waals surface area contributed by atoms with E-state index in [2.05, 4.69) is 10.7 Å². The first-order valence-corrected chi connectivity index (χ1v) is 5.39. The maximum atomic E-state index is 11.3. The van der Waals surface area contributed by atoms with Crippen molar-refractivity contribution in [3.8, 4) is 0 Å². The Morgan fingerprint density at radius 1 is 1.50 bits per heavy atom. The van der Waals surface area contributed by atoms with Crippen LogP contribution in [-0.4, -0.2) is 36.2 Å². The number of hydrogen-bond acceptors (Lipinski definition) is 4. The number of carbonyl (C=O) groups excluding carboxylic acids is 1. The van der Waals surface area contributed by atoms with Crippen molar-refractivity contribution in [3.05, 3.63) is 22.4 Å². The molecule has 1 atom stereocenters. The summed E-state index contributed by atoms with van der Waals surface area (Å²) in [6, 6.07) is 1.84. The summed E-state index contributed by atoms with van der Waals surface area (Å²) in [6.45, 7) is 0. The fraction of sp³-hybridized carbons (Fsp3) is 0.333. The van der Waals surface area contributed by atoms with Crippen molar-refractivity contribution in [2.45, 2.75) is 6.04 Å². The average Bonchev–Trinajstić information content (AvgIpc) is 2.64. The summed E-state index contributed by atoms with van der Waals surface area (Å²) >= 11 is 1.28. The molecule has 88 valence electrons. The Hall–Kier alpha value is -1.60. The molecule has 0 aliphatic carbocycles. The van der Waals surface area contributed by atoms with E-state index in [9.17, 15) is 9.59 Å². The molecule has 0 spiro atoms. The first kappa shape index (κ1) is 12.5. The molecule has 0 radical (unpaired) electrons. The average molecular weight is 243 g/mol. The number of carboxylic acid groups (broad SMARTS) is 1. The number of hydrazine groups is 1. The number of urea groups is 1. The molecule has 1 unspecified atom stereocenters. The van der Waals surface area contributed by atoms with E-state index in [1.54, 1.807) is 31.6 Å². The number of thiophene rings is 1. The van der Waals surface area contributed by atoms with E-state index in [-0.39, 0.29) is 0 Å². The highest BCUT2D eigenvalue weighted by Gasteiger charge is 2.22. The Morgan fingerprint density at radius 3 is 2.62 bits per heavy atom. The number of hydrogen-bond donors (Lipinski definition) is 3. The van der Waals surface area contributed by atoms with Crippen LogP contribution in [0.1, 0.15) is 10.9 Å². The quantitative estimate of drug-likeness (QED) is 0.678. The van der Waals surface area contributed by atoms with Gasteiger partial charge in [-0.2, -0.15) is 0 Å². The molecule has 0 aromatic carbocycles. The molecule has 6 nitrogen and oxygen atoms in total. The summed E-state index contributed by atoms with van der Waals surface area (Å²) in [5.74, 6) is -1.09. The van der Waals surface area contributed by atoms with Crippen LogP contribution in [0, 0.1) is 0 Å². The summed E-state index contributed by atoms with van der Waals surface area (Å²) in [5.41, 5.74) is 2.41. The van der Waals surface area contributed by atoms with Crippen molar-refractivity contribution in [2.75, 3.05) is 14.1 Å². The van der Waals surface area contributed by atoms with E-state index < -0.39 is 18.0 Å². The van der Waals surface area contributed by atoms with E-state index >= 15 is 0 Å². The van der Waals surface area contributed by atoms with E-state index in [4.69, 9.17) is 5.11 Å². The lowest BCUT2D eigenvalue weighted by atomic mass is 10.2. The minimum absolute atomic E-state index is 0.550. The SMILES string of the molecule is CN(C)NC(=O)NC(C(=O)O)c1cccs1. The van der Waals surface area contributed by atoms with Crippen LogP contribution >= 0.6 is 11.3 Å². The Balaban J connectivity index is 2.67. The van der Waals surface area contributed by atoms with Crippen molar-refractivity contribution in [1.82, 2.24) is 15.8 Å². The molecule has 1 heterocycles. The summed E-state index contributed by atoms with van der Waals surface area (Å²) in [5, 5.41) is 14.5. The van der Waals surface area contributed by atoms with Crippen molar-refractivity contribution in [3.63, 3.8) is 0 Å². The lowest BCUT2D eigenvalue weighted by Gasteiger charge is -2.16. The van der Waals surface area contributed by atoms with Gasteiger partial charge in [-0.3, -0.25) is 5.43 Å². The zero-order chi connectivity index (χ0) is 12.1. The fourth-order valence-electron chi connectivity index (χ4n) is 1.08. The second kappa shape index (κ2) is 5.47. The van der Waals surface area contributed by atoms with Crippen molar-refractivity contribution in [2.24, 2.45) is 0 Å². The van der Waals surface area contributed by atoms with Gasteiger partial charge in [0.25, 0.3) is 0 Å². The van der Waals surface area contributed by atoms with Gasteiger partial charge >= 0.3 is 12.0 Å². The van der Waals surface area contributed by atoms with E-state index in [0.717, 1.165) is 0 Å². The second-order valence-electron chi connectivity index (χ2n) is 3.27. The summed E-state index contributed by atoms with van der Waals surface area (Å²) < 4.78 is 0. The first-order valence-electron chi connectivity index (χ1n) is 4.51. The van der Waals surface area contributed by atoms with Gasteiger partial charge < -0.3 is 10.4 Å². The molecule has 0 aliphatic rings. The molecule has 0 aliphatic heterocycles. The number of rotatable bonds is 4. The highest BCUT2D eigenvalue weighted by molar-refractivity contribution is 7.10. The molecule has 2 amide bonds. The number of carbonyl (C=O) groups is 2. The lowest BCUT2D eigenvalue weighted by Crippen LogP contribution is -2.46. The monoisotopic (exact) mass is 243 g/mol. The van der Waals surface area contributed by atoms with Crippen LogP contribution < -0.4 is 10.7 Å². The smallest absolute Gasteiger partial charge is 0.331 e. The molecule has 1 aromatic heterocycles. The van der Waals surface area contributed by atoms with Gasteiger partial charge in [0.2, 0.25) is 0 Å². The number of amides is 2. The Kier molecular flexibility index (Phi) is 4.27. The minimum Gasteiger partial charge on any atom is -0.479 e. The maximum absolute atomic E-state index is 11.3. The molecule has 3 N–H and O–H groups in total. The van der Waals surface area contributed by atoms with Gasteiger partial charge in [-0.25, -0.2) is 14.6 Å². The van der Waals surface area contributed by atoms with E-state index in [1.165, 1.54) is 16.3 Å². The molecule has 16 heavy (non-hydrogen) atoms. The van der Waals surface area contributed by atoms with Crippen LogP contribution in [0.2, 0.25) is 0 Å². The third-order valence-corrected chi connectivity index (χ3v) is 2.61. The van der Waals surface area contributed by atoms with Crippen LogP contribution in [0.4, 0.5) is 4.79 Å². The third kappa shape index (κ3) is 3.52. The third-order valence-electron chi connectivity index (χ3n) is 1.68. The highest BCUT2D eigenvalue weighted by atomic mass is 32.1. The molecule has 0 fully saturated rings. The predicted molar refractivity (Wildman–Crippen MR) is 60.1 cm³/mol. The summed E-state index contributed by atoms with van der Waals surface area (Å²) in [4.78, 5) is 22.9. The van der Waals surface area contributed by atoms with Gasteiger partial charge in [0.1, 0.15) is 0 Å². The standard InChI is InChI=1S/C9H13N3O3S/c1-12(2)11-9(15)10-7(8(13)14)6-4-3-5-16-6/h3-5,7H,1-2H3,(H,13,14)(H2,10,11,15). The van der Waals surface area contributed by atoms with Crippen LogP contribution in [0.15, 0.2) is 17.5 Å². The largest absolute Gasteiger partial charge is 0.479 e. The van der Waals surface area contributed by atoms with Gasteiger partial charge in [-0.05, 0) is 11.4 Å². The zero-order valence-corrected chi connectivity index (χ0v) is 9.75. The molecule has 1 aromatic rings. The fourth-order valence-corrected chi connectivity index (χ4v) is 1.84. The van der Waals surface area contributed by atoms with Gasteiger partial charge in [-0.1, -0.05) is 6.07 Å². The van der Waals surface area contributed by atoms with E-state index in [1.807, 2.05) is 0 Å². The molecule has 0 bridgehead atoms. The Bertz CT molecular complexity index is 364. The van der Waals surface area contributed by atoms with Crippen LogP contribution in [0.25, 0.3) is 0 Å². The van der Waals surface area contributed by atoms with Gasteiger partial charge in [0, 0.05) is 19.0 Å². The normalized spacial score (nSPS) is 12.2. The summed E-state index contributed by atoms with van der Waals surface area (Å²) in [6.07, 6.45) is 0. The second-order valence-corrected chi connectivity index (χ2v) is 4.25. The van der Waals surface area contributed by atoms with Gasteiger partial charge in [0.15, 0.2) is 6.04 Å². The van der Waals surface area contributed by atoms with E-state index in [0.29, 0.717) is 4.88 Å². The first-order chi connectivity index (χ1) is 7.50. The predicted octanol–water partition coefficient (Wildman–Crippen LogP) is 0.650. The van der Waals surface area contributed by atoms with Crippen LogP contribution in [0.3, 0.4) is 0 Å². The van der Waals surface area contributed by atoms with Crippen LogP contribution in [-0.2, 0) is 4.79 Å². The Labute approximate surface area is 96.8 Å². The number of aliphatic carboxylic acids is 1. The molecular weight excluding hydrogens is 230 g/mol. The topological polar surface area (TPSA) is 81.7 Å². The lowest BCUT2D eigenvalue weighted by molar-refractivity contribution is -0.139. The molecular formula is C9H13N3O3S. The van der Waals surface area contributed by atoms with Crippen molar-refractivity contribution < 1.29 is 14.7 Å². The van der Waals surface area contributed by atoms with Crippen molar-refractivity contribution in [1.29, 1.82) is 0 Å². The highest BCUT2D eigenvalue weighted by Crippen LogP contribution is 2.18. The zero-order valence-electron chi connectivity index (χ0n) is 8.93. The number of nitrogens with one attached hydrogen (secondary N) is 2. The number of nitrogens with zero attached hydrogens (tertiary/aromatic N) is 1. The molecule has 7 heteroatoms. The molecule has 0 saturated heterocycles. The maximum Gasteiger partial charge on any atom is 0.331 e. The van der Waals surface area contributed by atoms with Gasteiger partial charge in [-0.15, -0.1) is 11.3 Å².